The standard InChI is InChI=1S/C16H26N4O3/c1-9(2)13(19-16(22)23-5)15(21)20-8-6-7-12(20)14-17-10(3)11(4)18-14/h9,12-13H,6-8H2,1-5H3,(H,17,18)(H,19,22). The Bertz CT molecular complexity index is 562. The van der Waals surface area contributed by atoms with Crippen LogP contribution in [0.15, 0.2) is 0 Å². The van der Waals surface area contributed by atoms with E-state index in [0.29, 0.717) is 6.54 Å². The third-order valence-corrected chi connectivity index (χ3v) is 4.39. The number of methoxy groups -OCH3 is 1. The molecule has 7 nitrogen and oxygen atoms in total. The van der Waals surface area contributed by atoms with Crippen molar-refractivity contribution in [2.45, 2.75) is 52.6 Å². The van der Waals surface area contributed by atoms with Gasteiger partial charge in [-0.2, -0.15) is 0 Å². The van der Waals surface area contributed by atoms with Gasteiger partial charge in [0.25, 0.3) is 0 Å². The van der Waals surface area contributed by atoms with Crippen LogP contribution in [-0.2, 0) is 9.53 Å². The molecular weight excluding hydrogens is 296 g/mol. The largest absolute Gasteiger partial charge is 0.453 e. The van der Waals surface area contributed by atoms with Crippen LogP contribution < -0.4 is 5.32 Å². The molecule has 0 saturated carbocycles. The van der Waals surface area contributed by atoms with Crippen LogP contribution in [0.5, 0.6) is 0 Å². The lowest BCUT2D eigenvalue weighted by Gasteiger charge is -2.30. The average molecular weight is 322 g/mol. The Hall–Kier alpha value is -2.05. The van der Waals surface area contributed by atoms with Crippen LogP contribution >= 0.6 is 0 Å². The second kappa shape index (κ2) is 7.02. The molecule has 1 saturated heterocycles. The SMILES string of the molecule is COC(=O)NC(C(=O)N1CCCC1c1nc(C)c(C)[nH]1)C(C)C. The van der Waals surface area contributed by atoms with E-state index in [4.69, 9.17) is 0 Å². The zero-order valence-electron chi connectivity index (χ0n) is 14.5. The van der Waals surface area contributed by atoms with E-state index in [0.717, 1.165) is 30.1 Å². The first kappa shape index (κ1) is 17.3. The topological polar surface area (TPSA) is 87.3 Å². The summed E-state index contributed by atoms with van der Waals surface area (Å²) in [6.45, 7) is 8.42. The maximum Gasteiger partial charge on any atom is 0.407 e. The lowest BCUT2D eigenvalue weighted by atomic mass is 10.0. The van der Waals surface area contributed by atoms with Crippen LogP contribution in [0.3, 0.4) is 0 Å². The van der Waals surface area contributed by atoms with Crippen molar-refractivity contribution in [3.8, 4) is 0 Å². The Labute approximate surface area is 136 Å². The third kappa shape index (κ3) is 3.65. The lowest BCUT2D eigenvalue weighted by Crippen LogP contribution is -2.51. The van der Waals surface area contributed by atoms with Crippen molar-refractivity contribution in [2.24, 2.45) is 5.92 Å². The number of nitrogens with zero attached hydrogens (tertiary/aromatic N) is 2. The molecule has 2 atom stereocenters. The van der Waals surface area contributed by atoms with Gasteiger partial charge in [-0.05, 0) is 32.6 Å². The van der Waals surface area contributed by atoms with E-state index in [1.807, 2.05) is 32.6 Å². The number of imidazole rings is 1. The third-order valence-electron chi connectivity index (χ3n) is 4.39. The minimum absolute atomic E-state index is 0.0251. The summed E-state index contributed by atoms with van der Waals surface area (Å²) in [5, 5.41) is 2.65. The number of likely N-dealkylation sites (tertiary alicyclic amines) is 1. The predicted molar refractivity (Wildman–Crippen MR) is 85.9 cm³/mol. The number of carbonyl (C=O) groups excluding carboxylic acids is 2. The maximum absolute atomic E-state index is 12.9. The summed E-state index contributed by atoms with van der Waals surface area (Å²) < 4.78 is 4.63. The van der Waals surface area contributed by atoms with Gasteiger partial charge < -0.3 is 19.9 Å². The summed E-state index contributed by atoms with van der Waals surface area (Å²) >= 11 is 0. The number of aryl methyl sites for hydroxylation is 2. The molecule has 0 aromatic carbocycles. The molecule has 7 heteroatoms. The van der Waals surface area contributed by atoms with Gasteiger partial charge in [-0.1, -0.05) is 13.8 Å². The number of rotatable bonds is 4. The highest BCUT2D eigenvalue weighted by molar-refractivity contribution is 5.86. The Morgan fingerprint density at radius 2 is 2.09 bits per heavy atom. The van der Waals surface area contributed by atoms with Gasteiger partial charge in [0.1, 0.15) is 11.9 Å². The molecule has 0 aliphatic carbocycles. The summed E-state index contributed by atoms with van der Waals surface area (Å²) in [4.78, 5) is 34.1. The minimum atomic E-state index is -0.597. The Kier molecular flexibility index (Phi) is 5.28. The molecule has 23 heavy (non-hydrogen) atoms. The summed E-state index contributed by atoms with van der Waals surface area (Å²) in [5.74, 6) is 0.717. The number of carbonyl (C=O) groups is 2. The number of amides is 2. The van der Waals surface area contributed by atoms with Crippen LogP contribution in [0.1, 0.15) is 49.9 Å². The van der Waals surface area contributed by atoms with Gasteiger partial charge >= 0.3 is 6.09 Å². The second-order valence-corrected chi connectivity index (χ2v) is 6.38. The molecule has 0 spiro atoms. The second-order valence-electron chi connectivity index (χ2n) is 6.38. The zero-order valence-corrected chi connectivity index (χ0v) is 14.5. The normalized spacial score (nSPS) is 19.0. The molecule has 1 aromatic rings. The van der Waals surface area contributed by atoms with Gasteiger partial charge in [0.15, 0.2) is 0 Å². The van der Waals surface area contributed by atoms with Gasteiger partial charge in [0, 0.05) is 12.2 Å². The van der Waals surface area contributed by atoms with E-state index in [2.05, 4.69) is 20.0 Å². The fourth-order valence-electron chi connectivity index (χ4n) is 2.93. The van der Waals surface area contributed by atoms with Crippen molar-refractivity contribution in [1.29, 1.82) is 0 Å². The Morgan fingerprint density at radius 3 is 2.61 bits per heavy atom. The molecule has 2 heterocycles. The van der Waals surface area contributed by atoms with Crippen LogP contribution in [0.2, 0.25) is 0 Å². The van der Waals surface area contributed by atoms with E-state index >= 15 is 0 Å². The molecule has 1 aliphatic rings. The van der Waals surface area contributed by atoms with Gasteiger partial charge in [-0.15, -0.1) is 0 Å². The first-order chi connectivity index (χ1) is 10.8. The van der Waals surface area contributed by atoms with Crippen molar-refractivity contribution in [1.82, 2.24) is 20.2 Å². The number of hydrogen-bond donors (Lipinski definition) is 2. The molecule has 0 bridgehead atoms. The molecule has 1 fully saturated rings. The van der Waals surface area contributed by atoms with Crippen molar-refractivity contribution >= 4 is 12.0 Å². The zero-order chi connectivity index (χ0) is 17.1. The molecule has 0 radical (unpaired) electrons. The van der Waals surface area contributed by atoms with Crippen molar-refractivity contribution < 1.29 is 14.3 Å². The van der Waals surface area contributed by atoms with E-state index in [-0.39, 0.29) is 17.9 Å². The number of hydrogen-bond acceptors (Lipinski definition) is 4. The molecule has 2 rings (SSSR count). The van der Waals surface area contributed by atoms with Crippen molar-refractivity contribution in [3.05, 3.63) is 17.2 Å². The molecule has 2 N–H and O–H groups in total. The number of aromatic nitrogens is 2. The van der Waals surface area contributed by atoms with Gasteiger partial charge in [-0.25, -0.2) is 9.78 Å². The summed E-state index contributed by atoms with van der Waals surface area (Å²) in [5.41, 5.74) is 1.97. The lowest BCUT2D eigenvalue weighted by molar-refractivity contribution is -0.135. The molecular formula is C16H26N4O3. The fourth-order valence-corrected chi connectivity index (χ4v) is 2.93. The first-order valence-electron chi connectivity index (χ1n) is 8.03. The summed E-state index contributed by atoms with van der Waals surface area (Å²) in [6, 6.07) is -0.657. The number of H-pyrrole nitrogens is 1. The maximum atomic E-state index is 12.9. The van der Waals surface area contributed by atoms with E-state index in [1.165, 1.54) is 7.11 Å². The highest BCUT2D eigenvalue weighted by Crippen LogP contribution is 2.31. The van der Waals surface area contributed by atoms with Crippen LogP contribution in [0.4, 0.5) is 4.79 Å². The number of ether oxygens (including phenoxy) is 1. The highest BCUT2D eigenvalue weighted by Gasteiger charge is 2.37. The van der Waals surface area contributed by atoms with E-state index < -0.39 is 12.1 Å². The quantitative estimate of drug-likeness (QED) is 0.888. The minimum Gasteiger partial charge on any atom is -0.453 e. The van der Waals surface area contributed by atoms with Crippen LogP contribution in [0.25, 0.3) is 0 Å². The average Bonchev–Trinajstić information content (AvgIpc) is 3.10. The van der Waals surface area contributed by atoms with Crippen molar-refractivity contribution in [3.63, 3.8) is 0 Å². The number of nitrogens with one attached hydrogen (secondary N) is 2. The summed E-state index contributed by atoms with van der Waals surface area (Å²) in [7, 11) is 1.30. The molecule has 1 aliphatic heterocycles. The van der Waals surface area contributed by atoms with Gasteiger partial charge in [0.05, 0.1) is 18.8 Å². The number of alkyl carbamates (subject to hydrolysis) is 1. The van der Waals surface area contributed by atoms with Crippen LogP contribution in [-0.4, -0.2) is 46.6 Å². The molecule has 2 amide bonds. The number of aromatic amines is 1. The Morgan fingerprint density at radius 1 is 1.39 bits per heavy atom. The fraction of sp³-hybridized carbons (Fsp3) is 0.688. The smallest absolute Gasteiger partial charge is 0.407 e. The first-order valence-corrected chi connectivity index (χ1v) is 8.03. The molecule has 2 unspecified atom stereocenters. The van der Waals surface area contributed by atoms with Gasteiger partial charge in [0.2, 0.25) is 5.91 Å². The molecule has 128 valence electrons. The molecule has 1 aromatic heterocycles. The predicted octanol–water partition coefficient (Wildman–Crippen LogP) is 2.07. The summed E-state index contributed by atoms with van der Waals surface area (Å²) in [6.07, 6.45) is 1.22. The highest BCUT2D eigenvalue weighted by atomic mass is 16.5. The monoisotopic (exact) mass is 322 g/mol. The van der Waals surface area contributed by atoms with Gasteiger partial charge in [-0.3, -0.25) is 4.79 Å². The van der Waals surface area contributed by atoms with E-state index in [9.17, 15) is 9.59 Å². The van der Waals surface area contributed by atoms with E-state index in [1.54, 1.807) is 0 Å². The van der Waals surface area contributed by atoms with Crippen molar-refractivity contribution in [2.75, 3.05) is 13.7 Å². The van der Waals surface area contributed by atoms with Crippen LogP contribution in [0, 0.1) is 19.8 Å². The Balaban J connectivity index is 2.19.